The van der Waals surface area contributed by atoms with E-state index in [4.69, 9.17) is 4.98 Å². The van der Waals surface area contributed by atoms with Crippen LogP contribution in [0.15, 0.2) is 60.9 Å². The van der Waals surface area contributed by atoms with E-state index in [1.807, 2.05) is 25.3 Å². The van der Waals surface area contributed by atoms with Crippen molar-refractivity contribution in [2.75, 3.05) is 41.3 Å². The molecule has 6 heteroatoms. The lowest BCUT2D eigenvalue weighted by Gasteiger charge is -2.36. The molecule has 0 bridgehead atoms. The predicted molar refractivity (Wildman–Crippen MR) is 109 cm³/mol. The van der Waals surface area contributed by atoms with Gasteiger partial charge in [-0.2, -0.15) is 4.98 Å². The van der Waals surface area contributed by atoms with E-state index in [-0.39, 0.29) is 0 Å². The van der Waals surface area contributed by atoms with Crippen LogP contribution >= 0.6 is 0 Å². The molecule has 4 rings (SSSR count). The van der Waals surface area contributed by atoms with Crippen molar-refractivity contribution in [1.29, 1.82) is 0 Å². The van der Waals surface area contributed by atoms with Gasteiger partial charge in [0.15, 0.2) is 0 Å². The first kappa shape index (κ1) is 17.3. The highest BCUT2D eigenvalue weighted by molar-refractivity contribution is 5.50. The Balaban J connectivity index is 1.41. The molecule has 1 aliphatic heterocycles. The van der Waals surface area contributed by atoms with Gasteiger partial charge < -0.3 is 15.1 Å². The number of pyridine rings is 1. The third-order valence-corrected chi connectivity index (χ3v) is 4.74. The number of aromatic nitrogens is 3. The van der Waals surface area contributed by atoms with E-state index in [2.05, 4.69) is 61.5 Å². The lowest BCUT2D eigenvalue weighted by Crippen LogP contribution is -2.46. The molecule has 0 saturated carbocycles. The van der Waals surface area contributed by atoms with Crippen molar-refractivity contribution in [2.45, 2.75) is 13.5 Å². The monoisotopic (exact) mass is 360 g/mol. The third-order valence-electron chi connectivity index (χ3n) is 4.74. The van der Waals surface area contributed by atoms with Gasteiger partial charge in [0.1, 0.15) is 5.82 Å². The standard InChI is InChI=1S/C21H24N6/c1-17-14-20(25-21(24-17)23-16-18-6-5-9-22-15-18)27-12-10-26(11-13-27)19-7-3-2-4-8-19/h2-9,14-15H,10-13,16H2,1H3,(H,23,24,25). The minimum Gasteiger partial charge on any atom is -0.368 e. The van der Waals surface area contributed by atoms with Crippen LogP contribution in [0.1, 0.15) is 11.3 Å². The first-order valence-electron chi connectivity index (χ1n) is 9.31. The van der Waals surface area contributed by atoms with E-state index in [1.54, 1.807) is 6.20 Å². The van der Waals surface area contributed by atoms with Gasteiger partial charge in [0.2, 0.25) is 5.95 Å². The summed E-state index contributed by atoms with van der Waals surface area (Å²) in [6, 6.07) is 16.6. The maximum absolute atomic E-state index is 4.73. The Morgan fingerprint density at radius 2 is 1.70 bits per heavy atom. The Morgan fingerprint density at radius 3 is 2.44 bits per heavy atom. The summed E-state index contributed by atoms with van der Waals surface area (Å²) in [5, 5.41) is 3.32. The van der Waals surface area contributed by atoms with Crippen molar-refractivity contribution in [3.8, 4) is 0 Å². The summed E-state index contributed by atoms with van der Waals surface area (Å²) in [6.07, 6.45) is 3.63. The van der Waals surface area contributed by atoms with Crippen LogP contribution in [-0.2, 0) is 6.54 Å². The SMILES string of the molecule is Cc1cc(N2CCN(c3ccccc3)CC2)nc(NCc2cccnc2)n1. The van der Waals surface area contributed by atoms with Gasteiger partial charge in [-0.3, -0.25) is 4.98 Å². The zero-order valence-electron chi connectivity index (χ0n) is 15.5. The summed E-state index contributed by atoms with van der Waals surface area (Å²) in [6.45, 7) is 6.57. The topological polar surface area (TPSA) is 57.2 Å². The first-order valence-corrected chi connectivity index (χ1v) is 9.31. The number of aryl methyl sites for hydroxylation is 1. The molecule has 0 atom stereocenters. The molecule has 0 radical (unpaired) electrons. The number of nitrogens with zero attached hydrogens (tertiary/aromatic N) is 5. The van der Waals surface area contributed by atoms with Crippen molar-refractivity contribution in [1.82, 2.24) is 15.0 Å². The van der Waals surface area contributed by atoms with Crippen molar-refractivity contribution < 1.29 is 0 Å². The molecule has 0 amide bonds. The highest BCUT2D eigenvalue weighted by Gasteiger charge is 2.19. The highest BCUT2D eigenvalue weighted by atomic mass is 15.3. The molecule has 1 aliphatic rings. The van der Waals surface area contributed by atoms with Crippen LogP contribution in [0, 0.1) is 6.92 Å². The lowest BCUT2D eigenvalue weighted by molar-refractivity contribution is 0.646. The fraction of sp³-hybridized carbons (Fsp3) is 0.286. The van der Waals surface area contributed by atoms with Gasteiger partial charge in [-0.1, -0.05) is 24.3 Å². The fourth-order valence-electron chi connectivity index (χ4n) is 3.31. The van der Waals surface area contributed by atoms with Crippen LogP contribution in [0.25, 0.3) is 0 Å². The van der Waals surface area contributed by atoms with Gasteiger partial charge in [-0.05, 0) is 30.7 Å². The molecular formula is C21H24N6. The molecular weight excluding hydrogens is 336 g/mol. The van der Waals surface area contributed by atoms with Crippen molar-refractivity contribution in [2.24, 2.45) is 0 Å². The largest absolute Gasteiger partial charge is 0.368 e. The minimum absolute atomic E-state index is 0.665. The van der Waals surface area contributed by atoms with Gasteiger partial charge in [0.25, 0.3) is 0 Å². The number of para-hydroxylation sites is 1. The number of nitrogens with one attached hydrogen (secondary N) is 1. The number of benzene rings is 1. The summed E-state index contributed by atoms with van der Waals surface area (Å²) in [5.41, 5.74) is 3.37. The molecule has 3 heterocycles. The van der Waals surface area contributed by atoms with Gasteiger partial charge >= 0.3 is 0 Å². The normalized spacial score (nSPS) is 14.3. The Morgan fingerprint density at radius 1 is 0.926 bits per heavy atom. The van der Waals surface area contributed by atoms with Gasteiger partial charge in [0, 0.05) is 62.6 Å². The Bertz CT molecular complexity index is 860. The van der Waals surface area contributed by atoms with E-state index in [0.717, 1.165) is 43.3 Å². The number of anilines is 3. The number of piperazine rings is 1. The lowest BCUT2D eigenvalue weighted by atomic mass is 10.2. The van der Waals surface area contributed by atoms with Crippen LogP contribution in [0.3, 0.4) is 0 Å². The second-order valence-corrected chi connectivity index (χ2v) is 6.72. The van der Waals surface area contributed by atoms with Gasteiger partial charge in [0.05, 0.1) is 0 Å². The predicted octanol–water partition coefficient (Wildman–Crippen LogP) is 3.12. The van der Waals surface area contributed by atoms with E-state index >= 15 is 0 Å². The average molecular weight is 360 g/mol. The summed E-state index contributed by atoms with van der Waals surface area (Å²) in [4.78, 5) is 18.2. The van der Waals surface area contributed by atoms with Gasteiger partial charge in [-0.15, -0.1) is 0 Å². The molecule has 0 spiro atoms. The van der Waals surface area contributed by atoms with Crippen LogP contribution in [-0.4, -0.2) is 41.1 Å². The molecule has 1 saturated heterocycles. The summed E-state index contributed by atoms with van der Waals surface area (Å²) in [5.74, 6) is 1.66. The molecule has 1 fully saturated rings. The molecule has 6 nitrogen and oxygen atoms in total. The van der Waals surface area contributed by atoms with Crippen LogP contribution in [0.5, 0.6) is 0 Å². The van der Waals surface area contributed by atoms with Crippen LogP contribution in [0.2, 0.25) is 0 Å². The summed E-state index contributed by atoms with van der Waals surface area (Å²) in [7, 11) is 0. The maximum Gasteiger partial charge on any atom is 0.225 e. The zero-order valence-corrected chi connectivity index (χ0v) is 15.5. The third kappa shape index (κ3) is 4.34. The zero-order chi connectivity index (χ0) is 18.5. The van der Waals surface area contributed by atoms with Gasteiger partial charge in [-0.25, -0.2) is 4.98 Å². The van der Waals surface area contributed by atoms with Crippen LogP contribution in [0.4, 0.5) is 17.5 Å². The Kier molecular flexibility index (Phi) is 5.14. The molecule has 0 aliphatic carbocycles. The quantitative estimate of drug-likeness (QED) is 0.754. The van der Waals surface area contributed by atoms with Crippen molar-refractivity contribution in [3.63, 3.8) is 0 Å². The van der Waals surface area contributed by atoms with Crippen molar-refractivity contribution >= 4 is 17.5 Å². The second kappa shape index (κ2) is 8.03. The smallest absolute Gasteiger partial charge is 0.225 e. The Labute approximate surface area is 159 Å². The fourth-order valence-corrected chi connectivity index (χ4v) is 3.31. The number of hydrogen-bond donors (Lipinski definition) is 1. The summed E-state index contributed by atoms with van der Waals surface area (Å²) < 4.78 is 0. The molecule has 138 valence electrons. The summed E-state index contributed by atoms with van der Waals surface area (Å²) >= 11 is 0. The molecule has 1 N–H and O–H groups in total. The molecule has 0 unspecified atom stereocenters. The molecule has 3 aromatic rings. The van der Waals surface area contributed by atoms with Crippen LogP contribution < -0.4 is 15.1 Å². The van der Waals surface area contributed by atoms with E-state index in [1.165, 1.54) is 5.69 Å². The van der Waals surface area contributed by atoms with E-state index < -0.39 is 0 Å². The van der Waals surface area contributed by atoms with Crippen molar-refractivity contribution in [3.05, 3.63) is 72.2 Å². The highest BCUT2D eigenvalue weighted by Crippen LogP contribution is 2.20. The van der Waals surface area contributed by atoms with E-state index in [9.17, 15) is 0 Å². The molecule has 1 aromatic carbocycles. The number of rotatable bonds is 5. The Hall–Kier alpha value is -3.15. The molecule has 2 aromatic heterocycles. The first-order chi connectivity index (χ1) is 13.3. The minimum atomic E-state index is 0.665. The maximum atomic E-state index is 4.73. The second-order valence-electron chi connectivity index (χ2n) is 6.72. The van der Waals surface area contributed by atoms with E-state index in [0.29, 0.717) is 12.5 Å². The average Bonchev–Trinajstić information content (AvgIpc) is 2.73. The molecule has 27 heavy (non-hydrogen) atoms. The number of hydrogen-bond acceptors (Lipinski definition) is 6.